The summed E-state index contributed by atoms with van der Waals surface area (Å²) in [4.78, 5) is 23.7. The lowest BCUT2D eigenvalue weighted by molar-refractivity contribution is 0.302. The molecule has 0 unspecified atom stereocenters. The molecule has 0 aliphatic carbocycles. The maximum Gasteiger partial charge on any atom is 0.259 e. The van der Waals surface area contributed by atoms with Crippen molar-refractivity contribution in [2.75, 3.05) is 0 Å². The van der Waals surface area contributed by atoms with Gasteiger partial charge in [-0.2, -0.15) is 5.26 Å². The predicted octanol–water partition coefficient (Wildman–Crippen LogP) is 4.98. The van der Waals surface area contributed by atoms with Crippen molar-refractivity contribution in [1.82, 2.24) is 15.0 Å². The molecule has 2 heterocycles. The molecule has 0 amide bonds. The van der Waals surface area contributed by atoms with E-state index in [2.05, 4.69) is 21.0 Å². The summed E-state index contributed by atoms with van der Waals surface area (Å²) in [6.45, 7) is 2.35. The normalized spacial score (nSPS) is 11.4. The zero-order valence-electron chi connectivity index (χ0n) is 15.8. The van der Waals surface area contributed by atoms with Crippen molar-refractivity contribution < 1.29 is 4.74 Å². The van der Waals surface area contributed by atoms with Crippen LogP contribution in [0.3, 0.4) is 0 Å². The van der Waals surface area contributed by atoms with E-state index >= 15 is 0 Å². The molecule has 2 aromatic carbocycles. The van der Waals surface area contributed by atoms with Crippen LogP contribution < -0.4 is 10.3 Å². The number of aromatic nitrogens is 3. The number of hydrogen-bond donors (Lipinski definition) is 1. The molecule has 8 heteroatoms. The van der Waals surface area contributed by atoms with Crippen molar-refractivity contribution in [3.63, 3.8) is 0 Å². The van der Waals surface area contributed by atoms with Gasteiger partial charge < -0.3 is 9.72 Å². The average molecular weight is 435 g/mol. The first-order valence-corrected chi connectivity index (χ1v) is 10.2. The minimum absolute atomic E-state index is 0.191. The van der Waals surface area contributed by atoms with Crippen LogP contribution in [-0.2, 0) is 6.61 Å². The minimum atomic E-state index is -0.325. The van der Waals surface area contributed by atoms with Crippen LogP contribution in [-0.4, -0.2) is 15.0 Å². The number of H-pyrrole nitrogens is 1. The molecule has 0 saturated heterocycles. The second-order valence-electron chi connectivity index (χ2n) is 6.46. The third-order valence-electron chi connectivity index (χ3n) is 4.29. The quantitative estimate of drug-likeness (QED) is 0.447. The molecule has 6 nitrogen and oxygen atoms in total. The van der Waals surface area contributed by atoms with Crippen LogP contribution in [0.4, 0.5) is 0 Å². The molecule has 4 rings (SSSR count). The monoisotopic (exact) mass is 434 g/mol. The van der Waals surface area contributed by atoms with Crippen molar-refractivity contribution in [2.24, 2.45) is 0 Å². The molecule has 0 aliphatic rings. The first-order valence-electron chi connectivity index (χ1n) is 8.97. The highest BCUT2D eigenvalue weighted by Crippen LogP contribution is 2.20. The molecule has 0 fully saturated rings. The Kier molecular flexibility index (Phi) is 5.61. The molecule has 0 saturated carbocycles. The molecular formula is C22H15ClN4O2S. The highest BCUT2D eigenvalue weighted by Gasteiger charge is 2.09. The second-order valence-corrected chi connectivity index (χ2v) is 7.96. The number of ether oxygens (including phenoxy) is 1. The molecule has 0 spiro atoms. The van der Waals surface area contributed by atoms with E-state index in [-0.39, 0.29) is 17.0 Å². The minimum Gasteiger partial charge on any atom is -0.487 e. The topological polar surface area (TPSA) is 91.7 Å². The highest BCUT2D eigenvalue weighted by atomic mass is 35.5. The zero-order valence-corrected chi connectivity index (χ0v) is 17.4. The van der Waals surface area contributed by atoms with E-state index in [1.54, 1.807) is 35.6 Å². The lowest BCUT2D eigenvalue weighted by Crippen LogP contribution is -2.11. The van der Waals surface area contributed by atoms with Gasteiger partial charge >= 0.3 is 0 Å². The third-order valence-corrected chi connectivity index (χ3v) is 5.35. The van der Waals surface area contributed by atoms with Gasteiger partial charge in [-0.1, -0.05) is 23.7 Å². The van der Waals surface area contributed by atoms with Crippen molar-refractivity contribution in [3.8, 4) is 11.8 Å². The highest BCUT2D eigenvalue weighted by molar-refractivity contribution is 7.09. The Bertz CT molecular complexity index is 1350. The van der Waals surface area contributed by atoms with E-state index < -0.39 is 0 Å². The van der Waals surface area contributed by atoms with Crippen LogP contribution >= 0.6 is 22.9 Å². The number of benzene rings is 2. The first-order chi connectivity index (χ1) is 14.5. The van der Waals surface area contributed by atoms with Gasteiger partial charge in [-0.15, -0.1) is 11.3 Å². The molecule has 4 aromatic rings. The number of nitrogens with one attached hydrogen (secondary N) is 1. The van der Waals surface area contributed by atoms with Gasteiger partial charge in [0.15, 0.2) is 5.82 Å². The Morgan fingerprint density at radius 1 is 1.27 bits per heavy atom. The van der Waals surface area contributed by atoms with Crippen molar-refractivity contribution in [1.29, 1.82) is 5.26 Å². The van der Waals surface area contributed by atoms with E-state index in [9.17, 15) is 10.1 Å². The fraction of sp³-hybridized carbons (Fsp3) is 0.0909. The summed E-state index contributed by atoms with van der Waals surface area (Å²) < 4.78 is 5.74. The fourth-order valence-corrected chi connectivity index (χ4v) is 3.62. The van der Waals surface area contributed by atoms with Crippen LogP contribution in [0.5, 0.6) is 5.75 Å². The smallest absolute Gasteiger partial charge is 0.259 e. The van der Waals surface area contributed by atoms with Crippen LogP contribution in [0.1, 0.15) is 22.1 Å². The zero-order chi connectivity index (χ0) is 21.1. The van der Waals surface area contributed by atoms with Gasteiger partial charge in [0.25, 0.3) is 5.56 Å². The Labute approximate surface area is 181 Å². The van der Waals surface area contributed by atoms with E-state index in [1.807, 2.05) is 36.6 Å². The predicted molar refractivity (Wildman–Crippen MR) is 118 cm³/mol. The summed E-state index contributed by atoms with van der Waals surface area (Å²) >= 11 is 7.58. The SMILES string of the molecule is Cc1nc(COc2ccc(/C=C(\C#N)c3nc4cc(Cl)ccc4c(=O)[nH]3)cc2)cs1. The Hall–Kier alpha value is -3.47. The second kappa shape index (κ2) is 8.49. The summed E-state index contributed by atoms with van der Waals surface area (Å²) in [5, 5.41) is 13.4. The van der Waals surface area contributed by atoms with E-state index in [0.717, 1.165) is 16.3 Å². The summed E-state index contributed by atoms with van der Waals surface area (Å²) in [5.74, 6) is 0.889. The molecule has 30 heavy (non-hydrogen) atoms. The van der Waals surface area contributed by atoms with Gasteiger partial charge in [0.1, 0.15) is 18.4 Å². The van der Waals surface area contributed by atoms with E-state index in [0.29, 0.717) is 28.3 Å². The van der Waals surface area contributed by atoms with Crippen LogP contribution in [0.2, 0.25) is 5.02 Å². The lowest BCUT2D eigenvalue weighted by Gasteiger charge is -2.05. The first kappa shape index (κ1) is 19.8. The Morgan fingerprint density at radius 2 is 2.07 bits per heavy atom. The fourth-order valence-electron chi connectivity index (χ4n) is 2.85. The molecule has 0 radical (unpaired) electrons. The largest absolute Gasteiger partial charge is 0.487 e. The van der Waals surface area contributed by atoms with Crippen molar-refractivity contribution in [3.05, 3.63) is 85.3 Å². The summed E-state index contributed by atoms with van der Waals surface area (Å²) in [6.07, 6.45) is 1.65. The molecular weight excluding hydrogens is 420 g/mol. The third kappa shape index (κ3) is 4.40. The van der Waals surface area contributed by atoms with Crippen molar-refractivity contribution in [2.45, 2.75) is 13.5 Å². The number of allylic oxidation sites excluding steroid dienone is 1. The van der Waals surface area contributed by atoms with Gasteiger partial charge in [-0.3, -0.25) is 4.79 Å². The average Bonchev–Trinajstić information content (AvgIpc) is 3.16. The van der Waals surface area contributed by atoms with Crippen LogP contribution in [0.25, 0.3) is 22.6 Å². The summed E-state index contributed by atoms with van der Waals surface area (Å²) in [5.41, 5.74) is 2.01. The van der Waals surface area contributed by atoms with E-state index in [1.165, 1.54) is 0 Å². The number of hydrogen-bond acceptors (Lipinski definition) is 6. The molecule has 0 bridgehead atoms. The van der Waals surface area contributed by atoms with Gasteiger partial charge in [0.05, 0.1) is 27.2 Å². The summed E-state index contributed by atoms with van der Waals surface area (Å²) in [7, 11) is 0. The van der Waals surface area contributed by atoms with Crippen LogP contribution in [0, 0.1) is 18.3 Å². The van der Waals surface area contributed by atoms with E-state index in [4.69, 9.17) is 16.3 Å². The Balaban J connectivity index is 1.57. The van der Waals surface area contributed by atoms with Crippen molar-refractivity contribution >= 4 is 45.5 Å². The Morgan fingerprint density at radius 3 is 2.77 bits per heavy atom. The number of fused-ring (bicyclic) bond motifs is 1. The number of rotatable bonds is 5. The number of aromatic amines is 1. The molecule has 0 aliphatic heterocycles. The molecule has 148 valence electrons. The van der Waals surface area contributed by atoms with Gasteiger partial charge in [-0.05, 0) is 48.9 Å². The van der Waals surface area contributed by atoms with Gasteiger partial charge in [0, 0.05) is 10.4 Å². The number of nitrogens with zero attached hydrogens (tertiary/aromatic N) is 3. The maximum atomic E-state index is 12.3. The number of nitriles is 1. The lowest BCUT2D eigenvalue weighted by atomic mass is 10.1. The van der Waals surface area contributed by atoms with Gasteiger partial charge in [0.2, 0.25) is 0 Å². The van der Waals surface area contributed by atoms with Crippen LogP contribution in [0.15, 0.2) is 52.6 Å². The maximum absolute atomic E-state index is 12.3. The molecule has 1 N–H and O–H groups in total. The number of halogens is 1. The number of aryl methyl sites for hydroxylation is 1. The molecule has 2 aromatic heterocycles. The number of thiazole rings is 1. The van der Waals surface area contributed by atoms with Gasteiger partial charge in [-0.25, -0.2) is 9.97 Å². The molecule has 0 atom stereocenters. The summed E-state index contributed by atoms with van der Waals surface area (Å²) in [6, 6.07) is 14.2. The standard InChI is InChI=1S/C22H15ClN4O2S/c1-13-25-17(12-30-13)11-29-18-5-2-14(3-6-18)8-15(10-24)21-26-20-9-16(23)4-7-19(20)22(28)27-21/h2-9,12H,11H2,1H3,(H,26,27,28)/b15-8+.